The number of hydrogen-bond donors (Lipinski definition) is 1. The maximum Gasteiger partial charge on any atom is 0.163 e. The van der Waals surface area contributed by atoms with Crippen molar-refractivity contribution >= 4 is 39.4 Å². The Bertz CT molecular complexity index is 1580. The van der Waals surface area contributed by atoms with Crippen molar-refractivity contribution in [3.05, 3.63) is 78.2 Å². The largest absolute Gasteiger partial charge is 0.384 e. The molecule has 0 atom stereocenters. The van der Waals surface area contributed by atoms with E-state index < -0.39 is 0 Å². The van der Waals surface area contributed by atoms with E-state index in [9.17, 15) is 5.26 Å². The van der Waals surface area contributed by atoms with E-state index in [1.54, 1.807) is 0 Å². The number of nitrogens with zero attached hydrogens (tertiary/aromatic N) is 5. The molecule has 0 aliphatic rings. The van der Waals surface area contributed by atoms with Crippen LogP contribution in [0.25, 0.3) is 38.8 Å². The number of fused-ring (bicyclic) bond motifs is 2. The predicted octanol–water partition coefficient (Wildman–Crippen LogP) is 6.80. The molecule has 5 rings (SSSR count). The second-order valence-electron chi connectivity index (χ2n) is 9.04. The van der Waals surface area contributed by atoms with Gasteiger partial charge < -0.3 is 5.32 Å². The van der Waals surface area contributed by atoms with Gasteiger partial charge in [-0.25, -0.2) is 9.67 Å². The molecule has 3 aromatic heterocycles. The summed E-state index contributed by atoms with van der Waals surface area (Å²) in [5.41, 5.74) is 7.18. The fourth-order valence-corrected chi connectivity index (χ4v) is 4.89. The molecule has 0 aliphatic heterocycles. The first-order chi connectivity index (χ1) is 17.6. The zero-order valence-corrected chi connectivity index (χ0v) is 21.5. The normalized spacial score (nSPS) is 11.3. The Labute approximate surface area is 215 Å². The minimum Gasteiger partial charge on any atom is -0.384 e. The minimum atomic E-state index is 0.202. The Kier molecular flexibility index (Phi) is 6.88. The van der Waals surface area contributed by atoms with Crippen LogP contribution in [0, 0.1) is 11.3 Å². The second-order valence-corrected chi connectivity index (χ2v) is 10.0. The third-order valence-corrected chi connectivity index (χ3v) is 6.95. The number of hydrogen-bond acceptors (Lipinski definition) is 6. The lowest BCUT2D eigenvalue weighted by Gasteiger charge is -2.11. The molecule has 0 saturated heterocycles. The molecule has 0 saturated carbocycles. The van der Waals surface area contributed by atoms with E-state index in [2.05, 4.69) is 48.6 Å². The smallest absolute Gasteiger partial charge is 0.163 e. The van der Waals surface area contributed by atoms with Crippen molar-refractivity contribution in [2.75, 3.05) is 23.9 Å². The Balaban J connectivity index is 1.65. The fraction of sp³-hybridized carbons (Fsp3) is 0.241. The summed E-state index contributed by atoms with van der Waals surface area (Å²) in [7, 11) is 0. The molecule has 0 aliphatic carbocycles. The Morgan fingerprint density at radius 3 is 2.75 bits per heavy atom. The Morgan fingerprint density at radius 1 is 1.08 bits per heavy atom. The standard InChI is InChI=1S/C29H28N6S/c1-19(2)28-27-24(22-15-20-7-4-5-8-25(20)33-18-22)11-13-32-29(27)35(34-28)23-10-9-21(17-30)26(16-23)31-12-6-14-36-3/h4-5,7-11,13,15-16,18-19,31H,6,12,14H2,1-3H3. The predicted molar refractivity (Wildman–Crippen MR) is 150 cm³/mol. The molecule has 36 heavy (non-hydrogen) atoms. The van der Waals surface area contributed by atoms with Gasteiger partial charge in [-0.3, -0.25) is 4.98 Å². The van der Waals surface area contributed by atoms with Crippen LogP contribution >= 0.6 is 11.8 Å². The van der Waals surface area contributed by atoms with Crippen molar-refractivity contribution in [1.82, 2.24) is 19.7 Å². The van der Waals surface area contributed by atoms with E-state index in [0.29, 0.717) is 5.56 Å². The molecular weight excluding hydrogens is 464 g/mol. The van der Waals surface area contributed by atoms with Gasteiger partial charge in [-0.15, -0.1) is 0 Å². The molecule has 0 fully saturated rings. The van der Waals surface area contributed by atoms with E-state index in [1.165, 1.54) is 0 Å². The van der Waals surface area contributed by atoms with Crippen molar-refractivity contribution in [1.29, 1.82) is 5.26 Å². The van der Waals surface area contributed by atoms with E-state index in [4.69, 9.17) is 10.1 Å². The number of pyridine rings is 2. The summed E-state index contributed by atoms with van der Waals surface area (Å²) in [5, 5.41) is 20.2. The summed E-state index contributed by atoms with van der Waals surface area (Å²) in [6, 6.07) is 20.5. The van der Waals surface area contributed by atoms with Crippen molar-refractivity contribution in [3.8, 4) is 22.9 Å². The number of nitriles is 1. The zero-order chi connectivity index (χ0) is 25.1. The van der Waals surface area contributed by atoms with Crippen molar-refractivity contribution in [3.63, 3.8) is 0 Å². The SMILES string of the molecule is CSCCCNc1cc(-n2nc(C(C)C)c3c(-c4cnc5ccccc5c4)ccnc32)ccc1C#N. The maximum atomic E-state index is 9.63. The summed E-state index contributed by atoms with van der Waals surface area (Å²) in [6.07, 6.45) is 6.89. The molecule has 2 aromatic carbocycles. The first-order valence-corrected chi connectivity index (χ1v) is 13.5. The van der Waals surface area contributed by atoms with Gasteiger partial charge in [0.1, 0.15) is 6.07 Å². The van der Waals surface area contributed by atoms with E-state index >= 15 is 0 Å². The monoisotopic (exact) mass is 492 g/mol. The van der Waals surface area contributed by atoms with E-state index in [0.717, 1.165) is 68.9 Å². The first-order valence-electron chi connectivity index (χ1n) is 12.1. The third-order valence-electron chi connectivity index (χ3n) is 6.25. The molecule has 0 amide bonds. The van der Waals surface area contributed by atoms with Gasteiger partial charge in [0.05, 0.1) is 33.5 Å². The summed E-state index contributed by atoms with van der Waals surface area (Å²) >= 11 is 1.82. The highest BCUT2D eigenvalue weighted by molar-refractivity contribution is 7.98. The summed E-state index contributed by atoms with van der Waals surface area (Å²) in [4.78, 5) is 9.45. The lowest BCUT2D eigenvalue weighted by molar-refractivity contribution is 0.776. The van der Waals surface area contributed by atoms with E-state index in [1.807, 2.05) is 71.3 Å². The van der Waals surface area contributed by atoms with Crippen molar-refractivity contribution < 1.29 is 0 Å². The number of para-hydroxylation sites is 1. The van der Waals surface area contributed by atoms with Crippen LogP contribution in [-0.2, 0) is 0 Å². The van der Waals surface area contributed by atoms with Crippen LogP contribution in [0.1, 0.15) is 37.4 Å². The highest BCUT2D eigenvalue weighted by atomic mass is 32.2. The Hall–Kier alpha value is -3.89. The highest BCUT2D eigenvalue weighted by Gasteiger charge is 2.20. The van der Waals surface area contributed by atoms with Gasteiger partial charge >= 0.3 is 0 Å². The topological polar surface area (TPSA) is 79.4 Å². The molecule has 0 spiro atoms. The highest BCUT2D eigenvalue weighted by Crippen LogP contribution is 2.35. The number of thioether (sulfide) groups is 1. The average Bonchev–Trinajstić information content (AvgIpc) is 3.31. The average molecular weight is 493 g/mol. The van der Waals surface area contributed by atoms with Crippen molar-refractivity contribution in [2.45, 2.75) is 26.2 Å². The molecule has 7 heteroatoms. The molecule has 3 heterocycles. The molecule has 0 unspecified atom stereocenters. The van der Waals surface area contributed by atoms with Gasteiger partial charge in [-0.1, -0.05) is 32.0 Å². The second kappa shape index (κ2) is 10.4. The van der Waals surface area contributed by atoms with Crippen LogP contribution in [0.5, 0.6) is 0 Å². The molecule has 1 N–H and O–H groups in total. The first kappa shape index (κ1) is 23.8. The van der Waals surface area contributed by atoms with Gasteiger partial charge in [-0.05, 0) is 66.3 Å². The molecule has 0 bridgehead atoms. The van der Waals surface area contributed by atoms with E-state index in [-0.39, 0.29) is 5.92 Å². The number of benzene rings is 2. The molecule has 5 aromatic rings. The Morgan fingerprint density at radius 2 is 1.94 bits per heavy atom. The lowest BCUT2D eigenvalue weighted by Crippen LogP contribution is -2.06. The van der Waals surface area contributed by atoms with Crippen LogP contribution in [0.2, 0.25) is 0 Å². The molecule has 180 valence electrons. The summed E-state index contributed by atoms with van der Waals surface area (Å²) in [6.45, 7) is 5.12. The van der Waals surface area contributed by atoms with Gasteiger partial charge in [-0.2, -0.15) is 22.1 Å². The molecule has 6 nitrogen and oxygen atoms in total. The summed E-state index contributed by atoms with van der Waals surface area (Å²) in [5.74, 6) is 1.28. The number of rotatable bonds is 8. The minimum absolute atomic E-state index is 0.202. The molecular formula is C29H28N6S. The van der Waals surface area contributed by atoms with Gasteiger partial charge in [0.25, 0.3) is 0 Å². The number of nitrogens with one attached hydrogen (secondary N) is 1. The zero-order valence-electron chi connectivity index (χ0n) is 20.7. The van der Waals surface area contributed by atoms with Crippen LogP contribution in [0.3, 0.4) is 0 Å². The van der Waals surface area contributed by atoms with Crippen LogP contribution in [-0.4, -0.2) is 38.3 Å². The molecule has 0 radical (unpaired) electrons. The van der Waals surface area contributed by atoms with Crippen LogP contribution < -0.4 is 5.32 Å². The maximum absolute atomic E-state index is 9.63. The quantitative estimate of drug-likeness (QED) is 0.240. The van der Waals surface area contributed by atoms with Gasteiger partial charge in [0.2, 0.25) is 0 Å². The lowest BCUT2D eigenvalue weighted by atomic mass is 9.98. The fourth-order valence-electron chi connectivity index (χ4n) is 4.46. The number of aromatic nitrogens is 4. The summed E-state index contributed by atoms with van der Waals surface area (Å²) < 4.78 is 1.90. The van der Waals surface area contributed by atoms with Gasteiger partial charge in [0, 0.05) is 29.9 Å². The van der Waals surface area contributed by atoms with Crippen molar-refractivity contribution in [2.24, 2.45) is 0 Å². The van der Waals surface area contributed by atoms with Gasteiger partial charge in [0.15, 0.2) is 5.65 Å². The third kappa shape index (κ3) is 4.52. The van der Waals surface area contributed by atoms with Crippen LogP contribution in [0.15, 0.2) is 67.0 Å². The number of anilines is 1. The van der Waals surface area contributed by atoms with Crippen LogP contribution in [0.4, 0.5) is 5.69 Å².